The minimum atomic E-state index is -1.18. The van der Waals surface area contributed by atoms with Crippen LogP contribution in [0, 0.1) is 0 Å². The molecule has 8 nitrogen and oxygen atoms in total. The first-order chi connectivity index (χ1) is 17.5. The van der Waals surface area contributed by atoms with Gasteiger partial charge in [0.2, 0.25) is 0 Å². The van der Waals surface area contributed by atoms with Crippen LogP contribution in [0.3, 0.4) is 0 Å². The van der Waals surface area contributed by atoms with Crippen LogP contribution in [0.15, 0.2) is 79.0 Å². The molecule has 1 heterocycles. The molecule has 1 aromatic heterocycles. The SMILES string of the molecule is COc1ccc(-c2[nH]ncc2CC(NC(=O)OCC2c3ccccc3-c3ccccc32)C(=O)O)cc1. The lowest BCUT2D eigenvalue weighted by molar-refractivity contribution is -0.139. The van der Waals surface area contributed by atoms with Crippen LogP contribution in [0.2, 0.25) is 0 Å². The maximum Gasteiger partial charge on any atom is 0.407 e. The molecule has 1 amide bonds. The van der Waals surface area contributed by atoms with Gasteiger partial charge in [-0.25, -0.2) is 9.59 Å². The van der Waals surface area contributed by atoms with Crippen molar-refractivity contribution in [2.75, 3.05) is 13.7 Å². The summed E-state index contributed by atoms with van der Waals surface area (Å²) >= 11 is 0. The van der Waals surface area contributed by atoms with Gasteiger partial charge in [0.1, 0.15) is 18.4 Å². The summed E-state index contributed by atoms with van der Waals surface area (Å²) in [6, 6.07) is 22.2. The zero-order chi connectivity index (χ0) is 25.1. The highest BCUT2D eigenvalue weighted by molar-refractivity contribution is 5.81. The molecule has 0 spiro atoms. The van der Waals surface area contributed by atoms with Crippen LogP contribution in [0.4, 0.5) is 4.79 Å². The van der Waals surface area contributed by atoms with Gasteiger partial charge >= 0.3 is 12.1 Å². The van der Waals surface area contributed by atoms with Crippen LogP contribution in [-0.2, 0) is 16.0 Å². The fourth-order valence-corrected chi connectivity index (χ4v) is 4.68. The molecule has 8 heteroatoms. The van der Waals surface area contributed by atoms with Crippen molar-refractivity contribution in [3.63, 3.8) is 0 Å². The number of carbonyl (C=O) groups is 2. The Hall–Kier alpha value is -4.59. The normalized spacial score (nSPS) is 12.9. The molecule has 182 valence electrons. The van der Waals surface area contributed by atoms with Gasteiger partial charge < -0.3 is 19.9 Å². The molecule has 0 radical (unpaired) electrons. The first kappa shape index (κ1) is 23.2. The van der Waals surface area contributed by atoms with E-state index in [9.17, 15) is 14.7 Å². The lowest BCUT2D eigenvalue weighted by atomic mass is 9.98. The van der Waals surface area contributed by atoms with Crippen LogP contribution in [0.25, 0.3) is 22.4 Å². The number of benzene rings is 3. The number of rotatable bonds is 8. The Morgan fingerprint density at radius 2 is 1.64 bits per heavy atom. The molecular formula is C28H25N3O5. The Bertz CT molecular complexity index is 1350. The van der Waals surface area contributed by atoms with Gasteiger partial charge in [-0.1, -0.05) is 48.5 Å². The molecule has 0 fully saturated rings. The van der Waals surface area contributed by atoms with E-state index >= 15 is 0 Å². The van der Waals surface area contributed by atoms with E-state index in [-0.39, 0.29) is 18.9 Å². The van der Waals surface area contributed by atoms with Crippen molar-refractivity contribution < 1.29 is 24.2 Å². The van der Waals surface area contributed by atoms with Crippen LogP contribution in [-0.4, -0.2) is 47.1 Å². The van der Waals surface area contributed by atoms with Crippen molar-refractivity contribution in [3.05, 3.63) is 95.7 Å². The quantitative estimate of drug-likeness (QED) is 0.337. The molecule has 1 atom stereocenters. The van der Waals surface area contributed by atoms with E-state index in [4.69, 9.17) is 9.47 Å². The molecule has 0 bridgehead atoms. The number of fused-ring (bicyclic) bond motifs is 3. The van der Waals surface area contributed by atoms with Gasteiger partial charge in [-0.15, -0.1) is 0 Å². The Labute approximate surface area is 207 Å². The number of hydrogen-bond acceptors (Lipinski definition) is 5. The number of nitrogens with one attached hydrogen (secondary N) is 2. The number of H-pyrrole nitrogens is 1. The minimum absolute atomic E-state index is 0.0391. The number of aromatic amines is 1. The molecule has 0 saturated heterocycles. The average Bonchev–Trinajstić information content (AvgIpc) is 3.49. The third kappa shape index (κ3) is 4.53. The van der Waals surface area contributed by atoms with Crippen molar-refractivity contribution in [1.82, 2.24) is 15.5 Å². The van der Waals surface area contributed by atoms with Crippen molar-refractivity contribution in [1.29, 1.82) is 0 Å². The minimum Gasteiger partial charge on any atom is -0.497 e. The summed E-state index contributed by atoms with van der Waals surface area (Å²) in [7, 11) is 1.59. The number of aliphatic carboxylic acids is 1. The lowest BCUT2D eigenvalue weighted by Crippen LogP contribution is -2.43. The summed E-state index contributed by atoms with van der Waals surface area (Å²) in [4.78, 5) is 24.6. The number of aromatic nitrogens is 2. The highest BCUT2D eigenvalue weighted by Gasteiger charge is 2.30. The largest absolute Gasteiger partial charge is 0.497 e. The Morgan fingerprint density at radius 3 is 2.25 bits per heavy atom. The lowest BCUT2D eigenvalue weighted by Gasteiger charge is -2.17. The highest BCUT2D eigenvalue weighted by atomic mass is 16.5. The van der Waals surface area contributed by atoms with Gasteiger partial charge in [0.15, 0.2) is 0 Å². The monoisotopic (exact) mass is 483 g/mol. The van der Waals surface area contributed by atoms with Crippen LogP contribution < -0.4 is 10.1 Å². The Kier molecular flexibility index (Phi) is 6.40. The van der Waals surface area contributed by atoms with Gasteiger partial charge in [0, 0.05) is 23.5 Å². The van der Waals surface area contributed by atoms with E-state index < -0.39 is 18.1 Å². The zero-order valence-corrected chi connectivity index (χ0v) is 19.6. The van der Waals surface area contributed by atoms with Crippen molar-refractivity contribution in [3.8, 4) is 28.1 Å². The summed E-state index contributed by atoms with van der Waals surface area (Å²) in [6.07, 6.45) is 0.825. The number of ether oxygens (including phenoxy) is 2. The number of hydrogen-bond donors (Lipinski definition) is 3. The smallest absolute Gasteiger partial charge is 0.407 e. The summed E-state index contributed by atoms with van der Waals surface area (Å²) in [5, 5.41) is 19.3. The molecule has 0 saturated carbocycles. The number of carboxylic acid groups (broad SMARTS) is 1. The van der Waals surface area contributed by atoms with Gasteiger partial charge in [-0.2, -0.15) is 5.10 Å². The second-order valence-corrected chi connectivity index (χ2v) is 8.56. The predicted octanol–water partition coefficient (Wildman–Crippen LogP) is 4.62. The molecule has 3 aromatic carbocycles. The van der Waals surface area contributed by atoms with Gasteiger partial charge in [0.05, 0.1) is 19.0 Å². The summed E-state index contributed by atoms with van der Waals surface area (Å²) in [5.41, 5.74) is 6.58. The first-order valence-electron chi connectivity index (χ1n) is 11.6. The number of nitrogens with zero attached hydrogens (tertiary/aromatic N) is 1. The highest BCUT2D eigenvalue weighted by Crippen LogP contribution is 2.44. The molecule has 0 aliphatic heterocycles. The van der Waals surface area contributed by atoms with Gasteiger partial charge in [0.25, 0.3) is 0 Å². The Balaban J connectivity index is 1.26. The number of amides is 1. The standard InChI is InChI=1S/C28H25N3O5/c1-35-19-12-10-17(11-13-19)26-18(15-29-31-26)14-25(27(32)33)30-28(34)36-16-24-22-8-4-2-6-20(22)21-7-3-5-9-23(21)24/h2-13,15,24-25H,14,16H2,1H3,(H,29,31)(H,30,34)(H,32,33). The van der Waals surface area contributed by atoms with E-state index in [1.165, 1.54) is 0 Å². The summed E-state index contributed by atoms with van der Waals surface area (Å²) in [6.45, 7) is 0.106. The molecular weight excluding hydrogens is 458 g/mol. The fraction of sp³-hybridized carbons (Fsp3) is 0.179. The van der Waals surface area contributed by atoms with Gasteiger partial charge in [-0.3, -0.25) is 5.10 Å². The van der Waals surface area contributed by atoms with Gasteiger partial charge in [-0.05, 0) is 46.5 Å². The van der Waals surface area contributed by atoms with Crippen molar-refractivity contribution >= 4 is 12.1 Å². The van der Waals surface area contributed by atoms with E-state index in [0.29, 0.717) is 17.0 Å². The van der Waals surface area contributed by atoms with E-state index in [1.807, 2.05) is 60.7 Å². The number of alkyl carbamates (subject to hydrolysis) is 1. The molecule has 1 unspecified atom stereocenters. The van der Waals surface area contributed by atoms with E-state index in [0.717, 1.165) is 27.8 Å². The Morgan fingerprint density at radius 1 is 1.00 bits per heavy atom. The maximum absolute atomic E-state index is 12.7. The topological polar surface area (TPSA) is 114 Å². The van der Waals surface area contributed by atoms with Crippen LogP contribution in [0.1, 0.15) is 22.6 Å². The van der Waals surface area contributed by atoms with Crippen LogP contribution in [0.5, 0.6) is 5.75 Å². The number of carboxylic acids is 1. The molecule has 4 aromatic rings. The van der Waals surface area contributed by atoms with Crippen molar-refractivity contribution in [2.24, 2.45) is 0 Å². The first-order valence-corrected chi connectivity index (χ1v) is 11.6. The summed E-state index contributed by atoms with van der Waals surface area (Å²) < 4.78 is 10.7. The molecule has 1 aliphatic carbocycles. The van der Waals surface area contributed by atoms with Crippen LogP contribution >= 0.6 is 0 Å². The van der Waals surface area contributed by atoms with E-state index in [2.05, 4.69) is 27.6 Å². The molecule has 36 heavy (non-hydrogen) atoms. The third-order valence-corrected chi connectivity index (χ3v) is 6.45. The second kappa shape index (κ2) is 9.95. The predicted molar refractivity (Wildman–Crippen MR) is 134 cm³/mol. The molecule has 1 aliphatic rings. The number of carbonyl (C=O) groups excluding carboxylic acids is 1. The summed E-state index contributed by atoms with van der Waals surface area (Å²) in [5.74, 6) is -0.562. The zero-order valence-electron chi connectivity index (χ0n) is 19.6. The second-order valence-electron chi connectivity index (χ2n) is 8.56. The third-order valence-electron chi connectivity index (χ3n) is 6.45. The molecule has 3 N–H and O–H groups in total. The number of methoxy groups -OCH3 is 1. The molecule has 5 rings (SSSR count). The maximum atomic E-state index is 12.7. The fourth-order valence-electron chi connectivity index (χ4n) is 4.68. The van der Waals surface area contributed by atoms with E-state index in [1.54, 1.807) is 13.3 Å². The average molecular weight is 484 g/mol. The van der Waals surface area contributed by atoms with Crippen molar-refractivity contribution in [2.45, 2.75) is 18.4 Å².